The molecule has 3 nitrogen and oxygen atoms in total. The van der Waals surface area contributed by atoms with Gasteiger partial charge in [-0.05, 0) is 18.1 Å². The minimum absolute atomic E-state index is 0.149. The SMILES string of the molecule is CC(NCC(O)CO)C(c1ccccc1)c1ccccc1. The predicted molar refractivity (Wildman–Crippen MR) is 85.3 cm³/mol. The van der Waals surface area contributed by atoms with E-state index in [-0.39, 0.29) is 18.6 Å². The van der Waals surface area contributed by atoms with Crippen LogP contribution in [0.1, 0.15) is 24.0 Å². The van der Waals surface area contributed by atoms with Crippen LogP contribution in [0, 0.1) is 0 Å². The molecule has 0 amide bonds. The van der Waals surface area contributed by atoms with Crippen LogP contribution in [0.2, 0.25) is 0 Å². The molecule has 0 bridgehead atoms. The van der Waals surface area contributed by atoms with Crippen LogP contribution in [0.15, 0.2) is 60.7 Å². The molecule has 0 aromatic heterocycles. The Labute approximate surface area is 126 Å². The van der Waals surface area contributed by atoms with Crippen molar-refractivity contribution in [1.29, 1.82) is 0 Å². The van der Waals surface area contributed by atoms with Crippen LogP contribution >= 0.6 is 0 Å². The van der Waals surface area contributed by atoms with Gasteiger partial charge in [0, 0.05) is 18.5 Å². The predicted octanol–water partition coefficient (Wildman–Crippen LogP) is 2.15. The van der Waals surface area contributed by atoms with E-state index >= 15 is 0 Å². The zero-order valence-electron chi connectivity index (χ0n) is 12.3. The first-order chi connectivity index (χ1) is 10.2. The van der Waals surface area contributed by atoms with Gasteiger partial charge in [-0.25, -0.2) is 0 Å². The fraction of sp³-hybridized carbons (Fsp3) is 0.333. The standard InChI is InChI=1S/C18H23NO2/c1-14(19-12-17(21)13-20)18(15-8-4-2-5-9-15)16-10-6-3-7-11-16/h2-11,14,17-21H,12-13H2,1H3. The van der Waals surface area contributed by atoms with Crippen molar-refractivity contribution in [2.45, 2.75) is 25.0 Å². The van der Waals surface area contributed by atoms with Gasteiger partial charge in [0.25, 0.3) is 0 Å². The Hall–Kier alpha value is -1.68. The van der Waals surface area contributed by atoms with Crippen LogP contribution in [0.25, 0.3) is 0 Å². The van der Waals surface area contributed by atoms with Gasteiger partial charge in [-0.2, -0.15) is 0 Å². The molecule has 112 valence electrons. The van der Waals surface area contributed by atoms with Crippen molar-refractivity contribution in [2.75, 3.05) is 13.2 Å². The smallest absolute Gasteiger partial charge is 0.0895 e. The van der Waals surface area contributed by atoms with Crippen LogP contribution < -0.4 is 5.32 Å². The van der Waals surface area contributed by atoms with Gasteiger partial charge < -0.3 is 15.5 Å². The lowest BCUT2D eigenvalue weighted by molar-refractivity contribution is 0.0919. The quantitative estimate of drug-likeness (QED) is 0.730. The van der Waals surface area contributed by atoms with Gasteiger partial charge >= 0.3 is 0 Å². The summed E-state index contributed by atoms with van der Waals surface area (Å²) >= 11 is 0. The number of aliphatic hydroxyl groups is 2. The molecule has 0 heterocycles. The number of hydrogen-bond acceptors (Lipinski definition) is 3. The van der Waals surface area contributed by atoms with E-state index in [4.69, 9.17) is 5.11 Å². The van der Waals surface area contributed by atoms with Crippen molar-refractivity contribution >= 4 is 0 Å². The highest BCUT2D eigenvalue weighted by Crippen LogP contribution is 2.27. The molecule has 0 aliphatic heterocycles. The average molecular weight is 285 g/mol. The van der Waals surface area contributed by atoms with Crippen molar-refractivity contribution in [3.63, 3.8) is 0 Å². The second-order valence-corrected chi connectivity index (χ2v) is 5.33. The first-order valence-corrected chi connectivity index (χ1v) is 7.34. The number of aliphatic hydroxyl groups excluding tert-OH is 2. The minimum atomic E-state index is -0.723. The Morgan fingerprint density at radius 3 is 1.81 bits per heavy atom. The lowest BCUT2D eigenvalue weighted by Gasteiger charge is -2.27. The Kier molecular flexibility index (Phi) is 5.93. The van der Waals surface area contributed by atoms with Crippen LogP contribution in [0.4, 0.5) is 0 Å². The van der Waals surface area contributed by atoms with E-state index in [1.165, 1.54) is 11.1 Å². The third-order valence-corrected chi connectivity index (χ3v) is 3.70. The molecule has 3 N–H and O–H groups in total. The van der Waals surface area contributed by atoms with Gasteiger partial charge in [-0.15, -0.1) is 0 Å². The van der Waals surface area contributed by atoms with E-state index in [0.29, 0.717) is 6.54 Å². The minimum Gasteiger partial charge on any atom is -0.394 e. The van der Waals surface area contributed by atoms with Gasteiger partial charge in [-0.1, -0.05) is 60.7 Å². The molecule has 0 aliphatic rings. The summed E-state index contributed by atoms with van der Waals surface area (Å²) in [4.78, 5) is 0. The molecule has 2 atom stereocenters. The fourth-order valence-corrected chi connectivity index (χ4v) is 2.59. The zero-order valence-corrected chi connectivity index (χ0v) is 12.3. The van der Waals surface area contributed by atoms with Crippen molar-refractivity contribution < 1.29 is 10.2 Å². The molecular weight excluding hydrogens is 262 g/mol. The lowest BCUT2D eigenvalue weighted by atomic mass is 9.86. The molecule has 0 aliphatic carbocycles. The first-order valence-electron chi connectivity index (χ1n) is 7.34. The van der Waals surface area contributed by atoms with Crippen molar-refractivity contribution in [1.82, 2.24) is 5.32 Å². The van der Waals surface area contributed by atoms with Crippen LogP contribution in [0.5, 0.6) is 0 Å². The molecule has 0 saturated heterocycles. The average Bonchev–Trinajstić information content (AvgIpc) is 2.55. The molecule has 2 rings (SSSR count). The molecule has 0 saturated carbocycles. The second-order valence-electron chi connectivity index (χ2n) is 5.33. The summed E-state index contributed by atoms with van der Waals surface area (Å²) in [6.07, 6.45) is -0.723. The van der Waals surface area contributed by atoms with E-state index in [2.05, 4.69) is 36.5 Å². The molecule has 2 unspecified atom stereocenters. The van der Waals surface area contributed by atoms with Gasteiger partial charge in [0.15, 0.2) is 0 Å². The van der Waals surface area contributed by atoms with E-state index in [0.717, 1.165) is 0 Å². The molecule has 0 radical (unpaired) electrons. The summed E-state index contributed by atoms with van der Waals surface area (Å²) in [6, 6.07) is 20.8. The number of nitrogens with one attached hydrogen (secondary N) is 1. The maximum absolute atomic E-state index is 9.52. The van der Waals surface area contributed by atoms with Crippen LogP contribution in [-0.4, -0.2) is 35.5 Å². The van der Waals surface area contributed by atoms with E-state index in [1.54, 1.807) is 0 Å². The third-order valence-electron chi connectivity index (χ3n) is 3.70. The molecule has 2 aromatic carbocycles. The largest absolute Gasteiger partial charge is 0.394 e. The summed E-state index contributed by atoms with van der Waals surface area (Å²) in [5.41, 5.74) is 2.48. The van der Waals surface area contributed by atoms with E-state index in [9.17, 15) is 5.11 Å². The van der Waals surface area contributed by atoms with E-state index in [1.807, 2.05) is 36.4 Å². The van der Waals surface area contributed by atoms with E-state index < -0.39 is 6.10 Å². The zero-order chi connectivity index (χ0) is 15.1. The Balaban J connectivity index is 2.20. The number of hydrogen-bond donors (Lipinski definition) is 3. The highest BCUT2D eigenvalue weighted by Gasteiger charge is 2.21. The third kappa shape index (κ3) is 4.39. The van der Waals surface area contributed by atoms with Gasteiger partial charge in [-0.3, -0.25) is 0 Å². The highest BCUT2D eigenvalue weighted by molar-refractivity contribution is 5.34. The van der Waals surface area contributed by atoms with Crippen LogP contribution in [-0.2, 0) is 0 Å². The van der Waals surface area contributed by atoms with Crippen molar-refractivity contribution in [2.24, 2.45) is 0 Å². The van der Waals surface area contributed by atoms with Gasteiger partial charge in [0.2, 0.25) is 0 Å². The topological polar surface area (TPSA) is 52.5 Å². The Morgan fingerprint density at radius 1 is 0.905 bits per heavy atom. The molecular formula is C18H23NO2. The second kappa shape index (κ2) is 7.93. The maximum Gasteiger partial charge on any atom is 0.0895 e. The molecule has 0 fully saturated rings. The normalized spacial score (nSPS) is 14.1. The van der Waals surface area contributed by atoms with Gasteiger partial charge in [0.1, 0.15) is 0 Å². The van der Waals surface area contributed by atoms with Gasteiger partial charge in [0.05, 0.1) is 12.7 Å². The number of rotatable bonds is 7. The van der Waals surface area contributed by atoms with Crippen molar-refractivity contribution in [3.05, 3.63) is 71.8 Å². The molecule has 0 spiro atoms. The highest BCUT2D eigenvalue weighted by atomic mass is 16.3. The maximum atomic E-state index is 9.52. The summed E-state index contributed by atoms with van der Waals surface area (Å²) in [6.45, 7) is 2.27. The first kappa shape index (κ1) is 15.7. The summed E-state index contributed by atoms with van der Waals surface area (Å²) < 4.78 is 0. The monoisotopic (exact) mass is 285 g/mol. The molecule has 2 aromatic rings. The van der Waals surface area contributed by atoms with Crippen LogP contribution in [0.3, 0.4) is 0 Å². The number of benzene rings is 2. The fourth-order valence-electron chi connectivity index (χ4n) is 2.59. The molecule has 3 heteroatoms. The lowest BCUT2D eigenvalue weighted by Crippen LogP contribution is -2.39. The Bertz CT molecular complexity index is 476. The van der Waals surface area contributed by atoms with Crippen molar-refractivity contribution in [3.8, 4) is 0 Å². The summed E-state index contributed by atoms with van der Waals surface area (Å²) in [7, 11) is 0. The molecule has 21 heavy (non-hydrogen) atoms. The summed E-state index contributed by atoms with van der Waals surface area (Å²) in [5.74, 6) is 0.207. The Morgan fingerprint density at radius 2 is 1.38 bits per heavy atom. The summed E-state index contributed by atoms with van der Waals surface area (Å²) in [5, 5.41) is 21.8.